The van der Waals surface area contributed by atoms with Crippen molar-refractivity contribution in [1.82, 2.24) is 9.97 Å². The second-order valence-electron chi connectivity index (χ2n) is 6.21. The smallest absolute Gasteiger partial charge is 0.119 e. The highest BCUT2D eigenvalue weighted by atomic mass is 16.5. The fraction of sp³-hybridized carbons (Fsp3) is 0.136. The number of benzene rings is 3. The quantitative estimate of drug-likeness (QED) is 0.545. The van der Waals surface area contributed by atoms with Crippen molar-refractivity contribution in [2.24, 2.45) is 0 Å². The van der Waals surface area contributed by atoms with E-state index in [1.807, 2.05) is 30.3 Å². The Hall–Kier alpha value is -3.07. The van der Waals surface area contributed by atoms with Crippen LogP contribution in [-0.4, -0.2) is 17.1 Å². The van der Waals surface area contributed by atoms with Crippen LogP contribution in [0.2, 0.25) is 0 Å². The first-order valence-electron chi connectivity index (χ1n) is 8.43. The van der Waals surface area contributed by atoms with Crippen molar-refractivity contribution in [3.8, 4) is 16.9 Å². The molecule has 0 aliphatic carbocycles. The molecule has 0 aliphatic heterocycles. The van der Waals surface area contributed by atoms with Crippen molar-refractivity contribution >= 4 is 11.0 Å². The molecule has 0 spiro atoms. The summed E-state index contributed by atoms with van der Waals surface area (Å²) in [6, 6.07) is 24.9. The van der Waals surface area contributed by atoms with E-state index < -0.39 is 0 Å². The predicted molar refractivity (Wildman–Crippen MR) is 102 cm³/mol. The Bertz CT molecular complexity index is 969. The highest BCUT2D eigenvalue weighted by Crippen LogP contribution is 2.28. The number of ether oxygens (including phenoxy) is 1. The molecule has 1 N–H and O–H groups in total. The molecule has 0 radical (unpaired) electrons. The van der Waals surface area contributed by atoms with E-state index in [-0.39, 0.29) is 5.92 Å². The summed E-state index contributed by atoms with van der Waals surface area (Å²) in [4.78, 5) is 8.15. The molecule has 124 valence electrons. The van der Waals surface area contributed by atoms with E-state index in [0.29, 0.717) is 0 Å². The van der Waals surface area contributed by atoms with Crippen LogP contribution in [0, 0.1) is 0 Å². The molecule has 0 aliphatic rings. The van der Waals surface area contributed by atoms with Crippen LogP contribution in [0.1, 0.15) is 24.2 Å². The third kappa shape index (κ3) is 3.01. The van der Waals surface area contributed by atoms with E-state index in [1.54, 1.807) is 7.11 Å². The van der Waals surface area contributed by atoms with Crippen LogP contribution in [0.15, 0.2) is 72.8 Å². The van der Waals surface area contributed by atoms with Gasteiger partial charge in [0.2, 0.25) is 0 Å². The van der Waals surface area contributed by atoms with E-state index >= 15 is 0 Å². The molecule has 4 aromatic rings. The lowest BCUT2D eigenvalue weighted by atomic mass is 9.97. The van der Waals surface area contributed by atoms with Crippen LogP contribution >= 0.6 is 0 Å². The van der Waals surface area contributed by atoms with Gasteiger partial charge in [-0.2, -0.15) is 0 Å². The zero-order chi connectivity index (χ0) is 17.2. The summed E-state index contributed by atoms with van der Waals surface area (Å²) < 4.78 is 5.31. The lowest BCUT2D eigenvalue weighted by Gasteiger charge is -2.11. The summed E-state index contributed by atoms with van der Waals surface area (Å²) in [6.07, 6.45) is 0. The van der Waals surface area contributed by atoms with Gasteiger partial charge in [0.25, 0.3) is 0 Å². The first-order chi connectivity index (χ1) is 12.2. The molecule has 3 aromatic carbocycles. The highest BCUT2D eigenvalue weighted by Gasteiger charge is 2.13. The van der Waals surface area contributed by atoms with Crippen LogP contribution < -0.4 is 4.74 Å². The molecular weight excluding hydrogens is 308 g/mol. The van der Waals surface area contributed by atoms with Crippen molar-refractivity contribution in [2.75, 3.05) is 7.11 Å². The maximum atomic E-state index is 5.31. The minimum atomic E-state index is 0.215. The number of H-pyrrole nitrogens is 1. The standard InChI is InChI=1S/C22H20N2O/c1-15(22-23-20-8-3-4-9-21(20)24-22)16-10-12-17(13-11-16)18-6-5-7-19(14-18)25-2/h3-15H,1-2H3,(H,23,24). The van der Waals surface area contributed by atoms with Gasteiger partial charge in [0, 0.05) is 5.92 Å². The van der Waals surface area contributed by atoms with Gasteiger partial charge in [-0.15, -0.1) is 0 Å². The van der Waals surface area contributed by atoms with Crippen LogP contribution in [0.25, 0.3) is 22.2 Å². The topological polar surface area (TPSA) is 37.9 Å². The number of rotatable bonds is 4. The minimum absolute atomic E-state index is 0.215. The number of nitrogens with zero attached hydrogens (tertiary/aromatic N) is 1. The highest BCUT2D eigenvalue weighted by molar-refractivity contribution is 5.75. The van der Waals surface area contributed by atoms with Gasteiger partial charge in [-0.25, -0.2) is 4.98 Å². The van der Waals surface area contributed by atoms with E-state index in [4.69, 9.17) is 9.72 Å². The van der Waals surface area contributed by atoms with E-state index in [2.05, 4.69) is 54.4 Å². The molecule has 0 fully saturated rings. The molecule has 0 amide bonds. The number of methoxy groups -OCH3 is 1. The Morgan fingerprint density at radius 2 is 1.68 bits per heavy atom. The maximum absolute atomic E-state index is 5.31. The van der Waals surface area contributed by atoms with Crippen molar-refractivity contribution in [1.29, 1.82) is 0 Å². The number of para-hydroxylation sites is 2. The third-order valence-corrected chi connectivity index (χ3v) is 4.63. The summed E-state index contributed by atoms with van der Waals surface area (Å²) in [6.45, 7) is 2.18. The van der Waals surface area contributed by atoms with Gasteiger partial charge < -0.3 is 9.72 Å². The number of hydrogen-bond donors (Lipinski definition) is 1. The summed E-state index contributed by atoms with van der Waals surface area (Å²) in [5, 5.41) is 0. The molecule has 3 nitrogen and oxygen atoms in total. The lowest BCUT2D eigenvalue weighted by molar-refractivity contribution is 0.415. The van der Waals surface area contributed by atoms with E-state index in [0.717, 1.165) is 28.2 Å². The van der Waals surface area contributed by atoms with Gasteiger partial charge in [-0.3, -0.25) is 0 Å². The minimum Gasteiger partial charge on any atom is -0.497 e. The van der Waals surface area contributed by atoms with Crippen LogP contribution in [0.3, 0.4) is 0 Å². The monoisotopic (exact) mass is 328 g/mol. The molecule has 0 saturated carbocycles. The molecule has 1 atom stereocenters. The van der Waals surface area contributed by atoms with E-state index in [9.17, 15) is 0 Å². The molecule has 1 heterocycles. The van der Waals surface area contributed by atoms with Crippen LogP contribution in [0.5, 0.6) is 5.75 Å². The maximum Gasteiger partial charge on any atom is 0.119 e. The van der Waals surface area contributed by atoms with Gasteiger partial charge in [0.1, 0.15) is 11.6 Å². The average molecular weight is 328 g/mol. The molecule has 1 aromatic heterocycles. The molecule has 25 heavy (non-hydrogen) atoms. The van der Waals surface area contributed by atoms with Gasteiger partial charge in [-0.05, 0) is 41.0 Å². The van der Waals surface area contributed by atoms with Gasteiger partial charge >= 0.3 is 0 Å². The van der Waals surface area contributed by atoms with Crippen molar-refractivity contribution in [3.05, 3.63) is 84.2 Å². The Labute approximate surface area is 147 Å². The lowest BCUT2D eigenvalue weighted by Crippen LogP contribution is -1.98. The summed E-state index contributed by atoms with van der Waals surface area (Å²) in [5.41, 5.74) is 5.67. The van der Waals surface area contributed by atoms with Gasteiger partial charge in [-0.1, -0.05) is 55.5 Å². The summed E-state index contributed by atoms with van der Waals surface area (Å²) in [7, 11) is 1.69. The second kappa shape index (κ2) is 6.44. The Balaban J connectivity index is 1.62. The molecule has 0 bridgehead atoms. The number of fused-ring (bicyclic) bond motifs is 1. The first kappa shape index (κ1) is 15.5. The summed E-state index contributed by atoms with van der Waals surface area (Å²) in [5.74, 6) is 2.08. The number of aromatic amines is 1. The third-order valence-electron chi connectivity index (χ3n) is 4.63. The van der Waals surface area contributed by atoms with Gasteiger partial charge in [0.05, 0.1) is 18.1 Å². The fourth-order valence-electron chi connectivity index (χ4n) is 3.10. The normalized spacial score (nSPS) is 12.2. The SMILES string of the molecule is COc1cccc(-c2ccc(C(C)c3nc4ccccc4[nH]3)cc2)c1. The fourth-order valence-corrected chi connectivity index (χ4v) is 3.10. The number of aromatic nitrogens is 2. The Morgan fingerprint density at radius 3 is 2.44 bits per heavy atom. The first-order valence-corrected chi connectivity index (χ1v) is 8.43. The molecule has 1 unspecified atom stereocenters. The predicted octanol–water partition coefficient (Wildman–Crippen LogP) is 5.39. The number of hydrogen-bond acceptors (Lipinski definition) is 2. The van der Waals surface area contributed by atoms with Crippen molar-refractivity contribution < 1.29 is 4.74 Å². The second-order valence-corrected chi connectivity index (χ2v) is 6.21. The van der Waals surface area contributed by atoms with Crippen molar-refractivity contribution in [2.45, 2.75) is 12.8 Å². The number of nitrogens with one attached hydrogen (secondary N) is 1. The average Bonchev–Trinajstić information content (AvgIpc) is 3.12. The summed E-state index contributed by atoms with van der Waals surface area (Å²) >= 11 is 0. The molecule has 3 heteroatoms. The Kier molecular flexibility index (Phi) is 3.98. The zero-order valence-corrected chi connectivity index (χ0v) is 14.4. The molecule has 4 rings (SSSR count). The van der Waals surface area contributed by atoms with Gasteiger partial charge in [0.15, 0.2) is 0 Å². The van der Waals surface area contributed by atoms with Crippen LogP contribution in [-0.2, 0) is 0 Å². The van der Waals surface area contributed by atoms with Crippen molar-refractivity contribution in [3.63, 3.8) is 0 Å². The van der Waals surface area contributed by atoms with Crippen LogP contribution in [0.4, 0.5) is 0 Å². The number of imidazole rings is 1. The Morgan fingerprint density at radius 1 is 0.880 bits per heavy atom. The molecule has 0 saturated heterocycles. The van der Waals surface area contributed by atoms with E-state index in [1.165, 1.54) is 11.1 Å². The zero-order valence-electron chi connectivity index (χ0n) is 14.4. The molecular formula is C22H20N2O. The largest absolute Gasteiger partial charge is 0.497 e.